The molecule has 1 unspecified atom stereocenters. The maximum absolute atomic E-state index is 14.7. The molecule has 0 aromatic heterocycles. The van der Waals surface area contributed by atoms with Gasteiger partial charge >= 0.3 is 18.4 Å². The Hall–Kier alpha value is -2.43. The van der Waals surface area contributed by atoms with Crippen molar-refractivity contribution >= 4 is 51.3 Å². The van der Waals surface area contributed by atoms with Crippen molar-refractivity contribution in [2.45, 2.75) is 51.5 Å². The fourth-order valence-corrected chi connectivity index (χ4v) is 6.62. The molecule has 13 heteroatoms. The van der Waals surface area contributed by atoms with Gasteiger partial charge in [-0.05, 0) is 98.5 Å². The van der Waals surface area contributed by atoms with Crippen LogP contribution in [-0.4, -0.2) is 17.7 Å². The Kier molecular flexibility index (Phi) is 10.0. The summed E-state index contributed by atoms with van der Waals surface area (Å²) in [6, 6.07) is 9.42. The molecule has 0 bridgehead atoms. The van der Waals surface area contributed by atoms with Gasteiger partial charge in [-0.1, -0.05) is 51.1 Å². The monoisotopic (exact) mass is 804 g/mol. The third kappa shape index (κ3) is 7.32. The summed E-state index contributed by atoms with van der Waals surface area (Å²) in [7, 11) is 0. The van der Waals surface area contributed by atoms with Gasteiger partial charge in [0.05, 0.1) is 23.0 Å². The number of halogens is 8. The second-order valence-corrected chi connectivity index (χ2v) is 12.3. The molecule has 3 aromatic rings. The normalized spacial score (nSPS) is 13.1. The quantitative estimate of drug-likeness (QED) is 0.108. The van der Waals surface area contributed by atoms with Crippen LogP contribution >= 0.6 is 45.2 Å². The number of ether oxygens (including phenoxy) is 1. The number of hydrogen-bond acceptors (Lipinski definition) is 4. The predicted molar refractivity (Wildman–Crippen MR) is 159 cm³/mol. The second kappa shape index (κ2) is 12.4. The van der Waals surface area contributed by atoms with Gasteiger partial charge < -0.3 is 4.74 Å². The lowest BCUT2D eigenvalue weighted by atomic mass is 9.83. The number of nitroso groups, excluding NO2 is 1. The van der Waals surface area contributed by atoms with Crippen LogP contribution in [0, 0.1) is 12.0 Å². The Morgan fingerprint density at radius 3 is 1.73 bits per heavy atom. The first-order valence-corrected chi connectivity index (χ1v) is 14.2. The Morgan fingerprint density at radius 1 is 0.854 bits per heavy atom. The lowest BCUT2D eigenvalue weighted by Gasteiger charge is -2.32. The molecule has 220 valence electrons. The van der Waals surface area contributed by atoms with Gasteiger partial charge in [-0.3, -0.25) is 0 Å². The zero-order valence-corrected chi connectivity index (χ0v) is 26.4. The van der Waals surface area contributed by atoms with Crippen LogP contribution in [0.5, 0.6) is 0 Å². The lowest BCUT2D eigenvalue weighted by Crippen LogP contribution is -2.35. The van der Waals surface area contributed by atoms with E-state index >= 15 is 0 Å². The van der Waals surface area contributed by atoms with Crippen LogP contribution in [0.2, 0.25) is 0 Å². The van der Waals surface area contributed by atoms with Crippen LogP contribution in [0.1, 0.15) is 61.6 Å². The van der Waals surface area contributed by atoms with Crippen molar-refractivity contribution in [3.05, 3.63) is 94.5 Å². The maximum atomic E-state index is 14.7. The van der Waals surface area contributed by atoms with Crippen LogP contribution in [0.25, 0.3) is 11.1 Å². The third-order valence-electron chi connectivity index (χ3n) is 6.18. The highest BCUT2D eigenvalue weighted by molar-refractivity contribution is 14.1. The molecule has 3 aromatic carbocycles. The summed E-state index contributed by atoms with van der Waals surface area (Å²) in [4.78, 5) is 24.9. The topological polar surface area (TPSA) is 59.0 Å². The van der Waals surface area contributed by atoms with E-state index in [9.17, 15) is 36.0 Å². The van der Waals surface area contributed by atoms with Gasteiger partial charge in [0.15, 0.2) is 0 Å². The van der Waals surface area contributed by atoms with Gasteiger partial charge in [0, 0.05) is 18.3 Å². The molecule has 3 rings (SSSR count). The highest BCUT2D eigenvalue weighted by atomic mass is 127. The van der Waals surface area contributed by atoms with Crippen LogP contribution in [-0.2, 0) is 22.5 Å². The van der Waals surface area contributed by atoms with E-state index in [1.165, 1.54) is 31.2 Å². The number of hydrogen-bond donors (Lipinski definition) is 0. The van der Waals surface area contributed by atoms with E-state index in [4.69, 9.17) is 4.74 Å². The van der Waals surface area contributed by atoms with E-state index in [0.717, 1.165) is 5.56 Å². The van der Waals surface area contributed by atoms with E-state index in [1.54, 1.807) is 63.4 Å². The molecule has 0 radical (unpaired) electrons. The molecule has 1 amide bonds. The number of benzene rings is 3. The number of carbonyl (C=O) groups excluding carboxylic acids is 1. The molecular weight excluding hydrogens is 780 g/mol. The molecule has 0 saturated carbocycles. The SMILES string of the molecule is CCOC(=O)N(N=O)C(c1c(I)cc(C(C)(C)C)cc1I)c1c(C(F)(F)F)cc(-c2ccccc2)cc1C(F)(F)F. The number of rotatable bonds is 6. The maximum Gasteiger partial charge on any atom is 0.433 e. The summed E-state index contributed by atoms with van der Waals surface area (Å²) in [5.74, 6) is 0. The van der Waals surface area contributed by atoms with Crippen LogP contribution in [0.15, 0.2) is 59.9 Å². The van der Waals surface area contributed by atoms with Crippen molar-refractivity contribution in [1.82, 2.24) is 5.01 Å². The molecule has 1 atom stereocenters. The summed E-state index contributed by atoms with van der Waals surface area (Å²) in [6.07, 6.45) is -12.1. The molecule has 0 spiro atoms. The minimum Gasteiger partial charge on any atom is -0.448 e. The molecule has 0 N–H and O–H groups in total. The van der Waals surface area contributed by atoms with E-state index in [1.807, 2.05) is 20.8 Å². The van der Waals surface area contributed by atoms with E-state index in [0.29, 0.717) is 12.1 Å². The van der Waals surface area contributed by atoms with E-state index < -0.39 is 46.6 Å². The van der Waals surface area contributed by atoms with Crippen molar-refractivity contribution < 1.29 is 35.9 Å². The molecular formula is C28H24F6I2N2O3. The zero-order valence-electron chi connectivity index (χ0n) is 22.1. The minimum atomic E-state index is -5.32. The largest absolute Gasteiger partial charge is 0.448 e. The van der Waals surface area contributed by atoms with Gasteiger partial charge in [0.2, 0.25) is 0 Å². The molecule has 41 heavy (non-hydrogen) atoms. The Labute approximate surface area is 259 Å². The molecule has 5 nitrogen and oxygen atoms in total. The van der Waals surface area contributed by atoms with E-state index in [-0.39, 0.29) is 35.4 Å². The lowest BCUT2D eigenvalue weighted by molar-refractivity contribution is -0.145. The molecule has 0 aliphatic carbocycles. The van der Waals surface area contributed by atoms with E-state index in [2.05, 4.69) is 5.29 Å². The Balaban J connectivity index is 2.57. The van der Waals surface area contributed by atoms with Crippen molar-refractivity contribution in [1.29, 1.82) is 0 Å². The number of amides is 1. The molecule has 0 aliphatic heterocycles. The standard InChI is InChI=1S/C28H24F6I2N2O3/c1-5-41-25(39)38(37-40)24(23-20(35)13-17(14-21(23)36)26(2,3)4)22-18(27(29,30)31)11-16(12-19(22)28(32,33)34)15-9-7-6-8-10-15/h6-14,24H,5H2,1-4H3. The number of nitrogens with zero attached hydrogens (tertiary/aromatic N) is 2. The first-order valence-electron chi connectivity index (χ1n) is 12.1. The van der Waals surface area contributed by atoms with Crippen molar-refractivity contribution in [2.75, 3.05) is 6.61 Å². The summed E-state index contributed by atoms with van der Waals surface area (Å²) in [5.41, 5.74) is -4.72. The molecule has 0 aliphatic rings. The van der Waals surface area contributed by atoms with Gasteiger partial charge in [-0.25, -0.2) is 4.79 Å². The molecule has 0 saturated heterocycles. The smallest absolute Gasteiger partial charge is 0.433 e. The highest BCUT2D eigenvalue weighted by Crippen LogP contribution is 2.49. The summed E-state index contributed by atoms with van der Waals surface area (Å²) >= 11 is 3.56. The average Bonchev–Trinajstić information content (AvgIpc) is 2.86. The Bertz CT molecular complexity index is 1380. The van der Waals surface area contributed by atoms with Crippen molar-refractivity contribution in [3.8, 4) is 11.1 Å². The number of alkyl halides is 6. The minimum absolute atomic E-state index is 0.00191. The first kappa shape index (κ1) is 33.1. The van der Waals surface area contributed by atoms with Gasteiger partial charge in [-0.2, -0.15) is 26.3 Å². The third-order valence-corrected chi connectivity index (χ3v) is 7.96. The number of carbonyl (C=O) groups is 1. The first-order chi connectivity index (χ1) is 18.9. The van der Waals surface area contributed by atoms with Crippen LogP contribution in [0.3, 0.4) is 0 Å². The predicted octanol–water partition coefficient (Wildman–Crippen LogP) is 10.1. The second-order valence-electron chi connectivity index (χ2n) is 9.98. The fraction of sp³-hybridized carbons (Fsp3) is 0.321. The Morgan fingerprint density at radius 2 is 1.34 bits per heavy atom. The zero-order chi connectivity index (χ0) is 30.9. The fourth-order valence-electron chi connectivity index (χ4n) is 4.26. The average molecular weight is 804 g/mol. The van der Waals surface area contributed by atoms with Gasteiger partial charge in [0.25, 0.3) is 0 Å². The van der Waals surface area contributed by atoms with Crippen LogP contribution < -0.4 is 0 Å². The van der Waals surface area contributed by atoms with Crippen LogP contribution in [0.4, 0.5) is 31.1 Å². The summed E-state index contributed by atoms with van der Waals surface area (Å²) in [5, 5.41) is 2.61. The van der Waals surface area contributed by atoms with Crippen molar-refractivity contribution in [3.63, 3.8) is 0 Å². The summed E-state index contributed by atoms with van der Waals surface area (Å²) < 4.78 is 93.6. The van der Waals surface area contributed by atoms with Gasteiger partial charge in [-0.15, -0.1) is 9.92 Å². The van der Waals surface area contributed by atoms with Crippen molar-refractivity contribution in [2.24, 2.45) is 5.29 Å². The molecule has 0 heterocycles. The van der Waals surface area contributed by atoms with Gasteiger partial charge in [0.1, 0.15) is 6.04 Å². The highest BCUT2D eigenvalue weighted by Gasteiger charge is 2.47. The molecule has 0 fully saturated rings. The summed E-state index contributed by atoms with van der Waals surface area (Å²) in [6.45, 7) is 6.72.